The lowest BCUT2D eigenvalue weighted by molar-refractivity contribution is -0.136. The summed E-state index contributed by atoms with van der Waals surface area (Å²) in [7, 11) is 0. The summed E-state index contributed by atoms with van der Waals surface area (Å²) >= 11 is 0. The molecule has 4 nitrogen and oxygen atoms in total. The van der Waals surface area contributed by atoms with Crippen molar-refractivity contribution in [2.24, 2.45) is 0 Å². The van der Waals surface area contributed by atoms with Gasteiger partial charge in [-0.3, -0.25) is 4.79 Å². The first kappa shape index (κ1) is 14.8. The number of aromatic nitrogens is 1. The number of H-pyrrole nitrogens is 1. The minimum absolute atomic E-state index is 0.210. The van der Waals surface area contributed by atoms with Gasteiger partial charge in [-0.15, -0.1) is 0 Å². The van der Waals surface area contributed by atoms with Crippen molar-refractivity contribution in [1.29, 1.82) is 0 Å². The Labute approximate surface area is 123 Å². The first-order valence-corrected chi connectivity index (χ1v) is 6.70. The average molecular weight is 283 g/mol. The van der Waals surface area contributed by atoms with E-state index >= 15 is 0 Å². The van der Waals surface area contributed by atoms with Crippen molar-refractivity contribution in [3.63, 3.8) is 0 Å². The van der Waals surface area contributed by atoms with E-state index in [-0.39, 0.29) is 12.4 Å². The molecule has 4 heteroatoms. The van der Waals surface area contributed by atoms with Crippen LogP contribution in [0.1, 0.15) is 23.0 Å². The lowest BCUT2D eigenvalue weighted by Crippen LogP contribution is -2.13. The fourth-order valence-electron chi connectivity index (χ4n) is 2.14. The van der Waals surface area contributed by atoms with Gasteiger partial charge in [0.15, 0.2) is 6.61 Å². The number of aromatic amines is 1. The Balaban J connectivity index is 2.09. The highest BCUT2D eigenvalue weighted by atomic mass is 16.5. The molecule has 0 bridgehead atoms. The third kappa shape index (κ3) is 3.48. The van der Waals surface area contributed by atoms with E-state index in [9.17, 15) is 9.59 Å². The van der Waals surface area contributed by atoms with Gasteiger partial charge in [-0.25, -0.2) is 4.79 Å². The molecule has 1 aromatic carbocycles. The van der Waals surface area contributed by atoms with E-state index < -0.39 is 5.97 Å². The van der Waals surface area contributed by atoms with Crippen LogP contribution < -0.4 is 0 Å². The number of esters is 1. The van der Waals surface area contributed by atoms with Gasteiger partial charge >= 0.3 is 5.97 Å². The number of para-hydroxylation sites is 1. The number of ketones is 1. The van der Waals surface area contributed by atoms with Gasteiger partial charge in [-0.1, -0.05) is 36.4 Å². The topological polar surface area (TPSA) is 59.2 Å². The van der Waals surface area contributed by atoms with E-state index in [1.807, 2.05) is 38.1 Å². The van der Waals surface area contributed by atoms with Crippen molar-refractivity contribution >= 4 is 22.7 Å². The van der Waals surface area contributed by atoms with Crippen molar-refractivity contribution in [3.8, 4) is 0 Å². The number of aryl methyl sites for hydroxylation is 1. The van der Waals surface area contributed by atoms with Gasteiger partial charge in [-0.05, 0) is 19.9 Å². The Morgan fingerprint density at radius 3 is 2.76 bits per heavy atom. The number of Topliss-reactive ketones (excluding diaryl/α,β-unsaturated/α-hetero) is 1. The number of benzene rings is 1. The third-order valence-corrected chi connectivity index (χ3v) is 3.05. The normalized spacial score (nSPS) is 11.5. The van der Waals surface area contributed by atoms with Crippen molar-refractivity contribution in [2.45, 2.75) is 13.8 Å². The van der Waals surface area contributed by atoms with Crippen LogP contribution in [0.5, 0.6) is 0 Å². The number of hydrogen-bond donors (Lipinski definition) is 1. The quantitative estimate of drug-likeness (QED) is 0.396. The molecule has 0 radical (unpaired) electrons. The smallest absolute Gasteiger partial charge is 0.331 e. The fraction of sp³-hybridized carbons (Fsp3) is 0.176. The molecule has 2 rings (SSSR count). The monoisotopic (exact) mass is 283 g/mol. The maximum absolute atomic E-state index is 12.2. The second-order valence-electron chi connectivity index (χ2n) is 4.59. The molecule has 0 unspecified atom stereocenters. The minimum Gasteiger partial charge on any atom is -0.454 e. The highest BCUT2D eigenvalue weighted by molar-refractivity contribution is 6.10. The second kappa shape index (κ2) is 6.70. The lowest BCUT2D eigenvalue weighted by atomic mass is 10.1. The molecular formula is C17H17NO3. The zero-order valence-electron chi connectivity index (χ0n) is 12.1. The van der Waals surface area contributed by atoms with Gasteiger partial charge in [0.25, 0.3) is 0 Å². The SMILES string of the molecule is C/C=C/C=C/C(=O)OCC(=O)c1c(C)[nH]c2ccccc12. The first-order valence-electron chi connectivity index (χ1n) is 6.70. The molecule has 2 aromatic rings. The maximum atomic E-state index is 12.2. The number of nitrogens with one attached hydrogen (secondary N) is 1. The molecule has 1 N–H and O–H groups in total. The van der Waals surface area contributed by atoms with Crippen LogP contribution in [0.4, 0.5) is 0 Å². The largest absolute Gasteiger partial charge is 0.454 e. The first-order chi connectivity index (χ1) is 10.1. The summed E-state index contributed by atoms with van der Waals surface area (Å²) in [6.45, 7) is 3.42. The summed E-state index contributed by atoms with van der Waals surface area (Å²) < 4.78 is 4.96. The fourth-order valence-corrected chi connectivity index (χ4v) is 2.14. The predicted molar refractivity (Wildman–Crippen MR) is 82.3 cm³/mol. The van der Waals surface area contributed by atoms with E-state index in [2.05, 4.69) is 4.98 Å². The van der Waals surface area contributed by atoms with E-state index in [1.54, 1.807) is 18.2 Å². The molecule has 0 spiro atoms. The number of carbonyl (C=O) groups excluding carboxylic acids is 2. The molecule has 21 heavy (non-hydrogen) atoms. The van der Waals surface area contributed by atoms with Gasteiger partial charge in [0.1, 0.15) is 0 Å². The number of fused-ring (bicyclic) bond motifs is 1. The number of carbonyl (C=O) groups is 2. The van der Waals surface area contributed by atoms with E-state index in [0.717, 1.165) is 16.6 Å². The van der Waals surface area contributed by atoms with Crippen LogP contribution in [0.3, 0.4) is 0 Å². The van der Waals surface area contributed by atoms with Gasteiger partial charge in [0.2, 0.25) is 5.78 Å². The van der Waals surface area contributed by atoms with Crippen molar-refractivity contribution in [3.05, 3.63) is 59.8 Å². The Morgan fingerprint density at radius 2 is 2.00 bits per heavy atom. The molecule has 0 aliphatic heterocycles. The summed E-state index contributed by atoms with van der Waals surface area (Å²) in [5, 5.41) is 0.848. The molecule has 0 amide bonds. The zero-order chi connectivity index (χ0) is 15.2. The van der Waals surface area contributed by atoms with Gasteiger partial charge in [-0.2, -0.15) is 0 Å². The second-order valence-corrected chi connectivity index (χ2v) is 4.59. The van der Waals surface area contributed by atoms with Crippen molar-refractivity contribution in [1.82, 2.24) is 4.98 Å². The minimum atomic E-state index is -0.529. The molecule has 1 aromatic heterocycles. The molecule has 0 saturated carbocycles. The summed E-state index contributed by atoms with van der Waals surface area (Å²) in [5.41, 5.74) is 2.26. The van der Waals surface area contributed by atoms with Crippen LogP contribution in [-0.4, -0.2) is 23.3 Å². The van der Waals surface area contributed by atoms with Crippen LogP contribution in [0.15, 0.2) is 48.6 Å². The van der Waals surface area contributed by atoms with Crippen LogP contribution in [0, 0.1) is 6.92 Å². The van der Waals surface area contributed by atoms with Crippen LogP contribution >= 0.6 is 0 Å². The van der Waals surface area contributed by atoms with E-state index in [0.29, 0.717) is 5.56 Å². The van der Waals surface area contributed by atoms with Gasteiger partial charge in [0.05, 0.1) is 0 Å². The summed E-state index contributed by atoms with van der Waals surface area (Å²) in [6, 6.07) is 7.56. The molecule has 108 valence electrons. The van der Waals surface area contributed by atoms with Crippen LogP contribution in [-0.2, 0) is 9.53 Å². The van der Waals surface area contributed by atoms with E-state index in [4.69, 9.17) is 4.74 Å². The van der Waals surface area contributed by atoms with Crippen molar-refractivity contribution < 1.29 is 14.3 Å². The summed E-state index contributed by atoms with van der Waals surface area (Å²) in [5.74, 6) is -0.739. The molecule has 1 heterocycles. The Kier molecular flexibility index (Phi) is 4.72. The molecule has 0 aliphatic carbocycles. The van der Waals surface area contributed by atoms with Crippen molar-refractivity contribution in [2.75, 3.05) is 6.61 Å². The number of allylic oxidation sites excluding steroid dienone is 3. The molecule has 0 atom stereocenters. The standard InChI is InChI=1S/C17H17NO3/c1-3-4-5-10-16(20)21-11-15(19)17-12(2)18-14-9-7-6-8-13(14)17/h3-10,18H,11H2,1-2H3/b4-3+,10-5+. The summed E-state index contributed by atoms with van der Waals surface area (Å²) in [4.78, 5) is 26.8. The lowest BCUT2D eigenvalue weighted by Gasteiger charge is -2.02. The van der Waals surface area contributed by atoms with Gasteiger partial charge < -0.3 is 9.72 Å². The average Bonchev–Trinajstić information content (AvgIpc) is 2.81. The molecular weight excluding hydrogens is 266 g/mol. The maximum Gasteiger partial charge on any atom is 0.331 e. The Bertz CT molecular complexity index is 723. The third-order valence-electron chi connectivity index (χ3n) is 3.05. The number of hydrogen-bond acceptors (Lipinski definition) is 3. The Hall–Kier alpha value is -2.62. The van der Waals surface area contributed by atoms with Crippen LogP contribution in [0.2, 0.25) is 0 Å². The number of ether oxygens (including phenoxy) is 1. The highest BCUT2D eigenvalue weighted by Gasteiger charge is 2.16. The molecule has 0 saturated heterocycles. The van der Waals surface area contributed by atoms with Crippen LogP contribution in [0.25, 0.3) is 10.9 Å². The zero-order valence-corrected chi connectivity index (χ0v) is 12.1. The highest BCUT2D eigenvalue weighted by Crippen LogP contribution is 2.22. The Morgan fingerprint density at radius 1 is 1.24 bits per heavy atom. The van der Waals surface area contributed by atoms with Gasteiger partial charge in [0, 0.05) is 28.2 Å². The summed E-state index contributed by atoms with van der Waals surface area (Å²) in [6.07, 6.45) is 6.37. The molecule has 0 fully saturated rings. The van der Waals surface area contributed by atoms with E-state index in [1.165, 1.54) is 6.08 Å². The predicted octanol–water partition coefficient (Wildman–Crippen LogP) is 3.33. The molecule has 0 aliphatic rings. The number of rotatable bonds is 5.